The number of carbonyl (C=O) groups is 1. The lowest BCUT2D eigenvalue weighted by molar-refractivity contribution is 0.0910. The lowest BCUT2D eigenvalue weighted by atomic mass is 10.1. The second-order valence-corrected chi connectivity index (χ2v) is 5.36. The van der Waals surface area contributed by atoms with Crippen LogP contribution in [0.5, 0.6) is 11.5 Å². The molecule has 8 nitrogen and oxygen atoms in total. The number of pyridine rings is 1. The highest BCUT2D eigenvalue weighted by Crippen LogP contribution is 2.27. The van der Waals surface area contributed by atoms with Gasteiger partial charge in [0.05, 0.1) is 14.2 Å². The van der Waals surface area contributed by atoms with Gasteiger partial charge in [-0.1, -0.05) is 11.2 Å². The summed E-state index contributed by atoms with van der Waals surface area (Å²) in [6.07, 6.45) is 3.87. The van der Waals surface area contributed by atoms with Crippen LogP contribution in [-0.2, 0) is 6.42 Å². The number of benzene rings is 1. The molecule has 0 spiro atoms. The van der Waals surface area contributed by atoms with Crippen LogP contribution in [0.1, 0.15) is 16.2 Å². The molecule has 0 atom stereocenters. The van der Waals surface area contributed by atoms with Crippen LogP contribution in [0.4, 0.5) is 0 Å². The number of nitrogens with one attached hydrogen (secondary N) is 1. The zero-order chi connectivity index (χ0) is 18.4. The maximum Gasteiger partial charge on any atom is 0.316 e. The Kier molecular flexibility index (Phi) is 5.43. The van der Waals surface area contributed by atoms with Gasteiger partial charge in [-0.2, -0.15) is 4.98 Å². The molecule has 0 radical (unpaired) electrons. The van der Waals surface area contributed by atoms with E-state index >= 15 is 0 Å². The molecule has 1 aromatic carbocycles. The molecule has 3 rings (SSSR count). The minimum Gasteiger partial charge on any atom is -0.493 e. The highest BCUT2D eigenvalue weighted by atomic mass is 16.5. The zero-order valence-electron chi connectivity index (χ0n) is 14.4. The molecule has 0 saturated carbocycles. The second-order valence-electron chi connectivity index (χ2n) is 5.36. The smallest absolute Gasteiger partial charge is 0.316 e. The molecule has 0 aliphatic heterocycles. The lowest BCUT2D eigenvalue weighted by Crippen LogP contribution is -2.26. The fourth-order valence-corrected chi connectivity index (χ4v) is 2.36. The molecule has 0 aliphatic rings. The highest BCUT2D eigenvalue weighted by molar-refractivity contribution is 5.89. The van der Waals surface area contributed by atoms with Crippen LogP contribution >= 0.6 is 0 Å². The summed E-state index contributed by atoms with van der Waals surface area (Å²) in [4.78, 5) is 20.2. The van der Waals surface area contributed by atoms with Gasteiger partial charge in [0.25, 0.3) is 0 Å². The molecule has 1 amide bonds. The van der Waals surface area contributed by atoms with E-state index in [1.165, 1.54) is 0 Å². The molecule has 3 aromatic rings. The number of carbonyl (C=O) groups excluding carboxylic acids is 1. The Labute approximate surface area is 150 Å². The standard InChI is InChI=1S/C18H18N4O4/c1-24-14-6-5-12(10-15(14)25-2)7-9-20-17(23)18-21-16(22-26-18)13-4-3-8-19-11-13/h3-6,8,10-11H,7,9H2,1-2H3,(H,20,23). The van der Waals surface area contributed by atoms with E-state index in [2.05, 4.69) is 20.4 Å². The van der Waals surface area contributed by atoms with Crippen LogP contribution in [-0.4, -0.2) is 41.8 Å². The predicted molar refractivity (Wildman–Crippen MR) is 93.1 cm³/mol. The molecule has 0 saturated heterocycles. The molecular weight excluding hydrogens is 336 g/mol. The van der Waals surface area contributed by atoms with Gasteiger partial charge in [-0.05, 0) is 36.2 Å². The zero-order valence-corrected chi connectivity index (χ0v) is 14.4. The van der Waals surface area contributed by atoms with E-state index < -0.39 is 5.91 Å². The van der Waals surface area contributed by atoms with Crippen molar-refractivity contribution in [1.82, 2.24) is 20.4 Å². The van der Waals surface area contributed by atoms with Crippen LogP contribution in [0, 0.1) is 0 Å². The molecule has 1 N–H and O–H groups in total. The average molecular weight is 354 g/mol. The largest absolute Gasteiger partial charge is 0.493 e. The summed E-state index contributed by atoms with van der Waals surface area (Å²) in [6, 6.07) is 9.16. The van der Waals surface area contributed by atoms with E-state index in [4.69, 9.17) is 14.0 Å². The topological polar surface area (TPSA) is 99.4 Å². The first-order valence-electron chi connectivity index (χ1n) is 7.94. The Morgan fingerprint density at radius 1 is 1.19 bits per heavy atom. The Balaban J connectivity index is 1.57. The molecule has 2 aromatic heterocycles. The summed E-state index contributed by atoms with van der Waals surface area (Å²) in [5, 5.41) is 6.55. The normalized spacial score (nSPS) is 10.4. The Morgan fingerprint density at radius 3 is 2.77 bits per heavy atom. The van der Waals surface area contributed by atoms with Gasteiger partial charge in [0.1, 0.15) is 0 Å². The number of hydrogen-bond acceptors (Lipinski definition) is 7. The maximum absolute atomic E-state index is 12.1. The van der Waals surface area contributed by atoms with Crippen LogP contribution < -0.4 is 14.8 Å². The van der Waals surface area contributed by atoms with E-state index in [1.54, 1.807) is 38.7 Å². The van der Waals surface area contributed by atoms with Gasteiger partial charge >= 0.3 is 11.8 Å². The fourth-order valence-electron chi connectivity index (χ4n) is 2.36. The summed E-state index contributed by atoms with van der Waals surface area (Å²) < 4.78 is 15.5. The summed E-state index contributed by atoms with van der Waals surface area (Å²) in [6.45, 7) is 0.416. The third kappa shape index (κ3) is 3.97. The van der Waals surface area contributed by atoms with Crippen molar-refractivity contribution in [2.75, 3.05) is 20.8 Å². The molecule has 0 fully saturated rings. The third-order valence-corrected chi connectivity index (χ3v) is 3.69. The summed E-state index contributed by atoms with van der Waals surface area (Å²) in [5.41, 5.74) is 1.69. The number of amides is 1. The second kappa shape index (κ2) is 8.11. The van der Waals surface area contributed by atoms with Gasteiger partial charge in [0.15, 0.2) is 11.5 Å². The first-order valence-corrected chi connectivity index (χ1v) is 7.94. The first kappa shape index (κ1) is 17.4. The van der Waals surface area contributed by atoms with Crippen molar-refractivity contribution in [3.8, 4) is 22.9 Å². The van der Waals surface area contributed by atoms with Crippen molar-refractivity contribution in [3.63, 3.8) is 0 Å². The molecule has 0 aliphatic carbocycles. The molecule has 134 valence electrons. The quantitative estimate of drug-likeness (QED) is 0.694. The Morgan fingerprint density at radius 2 is 2.04 bits per heavy atom. The molecule has 8 heteroatoms. The van der Waals surface area contributed by atoms with Gasteiger partial charge in [0, 0.05) is 24.5 Å². The molecule has 26 heavy (non-hydrogen) atoms. The van der Waals surface area contributed by atoms with Crippen molar-refractivity contribution in [2.24, 2.45) is 0 Å². The maximum atomic E-state index is 12.1. The number of nitrogens with zero attached hydrogens (tertiary/aromatic N) is 3. The molecule has 0 bridgehead atoms. The van der Waals surface area contributed by atoms with Crippen molar-refractivity contribution >= 4 is 5.91 Å². The van der Waals surface area contributed by atoms with E-state index in [-0.39, 0.29) is 5.89 Å². The summed E-state index contributed by atoms with van der Waals surface area (Å²) >= 11 is 0. The van der Waals surface area contributed by atoms with Crippen LogP contribution in [0.15, 0.2) is 47.2 Å². The van der Waals surface area contributed by atoms with Crippen molar-refractivity contribution in [1.29, 1.82) is 0 Å². The first-order chi connectivity index (χ1) is 12.7. The average Bonchev–Trinajstić information content (AvgIpc) is 3.19. The highest BCUT2D eigenvalue weighted by Gasteiger charge is 2.15. The van der Waals surface area contributed by atoms with E-state index in [0.717, 1.165) is 5.56 Å². The number of hydrogen-bond donors (Lipinski definition) is 1. The Hall–Kier alpha value is -3.42. The van der Waals surface area contributed by atoms with Crippen LogP contribution in [0.25, 0.3) is 11.4 Å². The third-order valence-electron chi connectivity index (χ3n) is 3.69. The van der Waals surface area contributed by atoms with Crippen LogP contribution in [0.3, 0.4) is 0 Å². The van der Waals surface area contributed by atoms with Crippen molar-refractivity contribution in [3.05, 3.63) is 54.2 Å². The molecule has 0 unspecified atom stereocenters. The minimum absolute atomic E-state index is 0.0869. The van der Waals surface area contributed by atoms with Gasteiger partial charge in [0.2, 0.25) is 5.82 Å². The van der Waals surface area contributed by atoms with E-state index in [0.29, 0.717) is 35.9 Å². The SMILES string of the molecule is COc1ccc(CCNC(=O)c2nc(-c3cccnc3)no2)cc1OC. The lowest BCUT2D eigenvalue weighted by Gasteiger charge is -2.09. The summed E-state index contributed by atoms with van der Waals surface area (Å²) in [7, 11) is 3.17. The monoisotopic (exact) mass is 354 g/mol. The fraction of sp³-hybridized carbons (Fsp3) is 0.222. The predicted octanol–water partition coefficient (Wildman–Crippen LogP) is 2.12. The molecular formula is C18H18N4O4. The van der Waals surface area contributed by atoms with Crippen molar-refractivity contribution < 1.29 is 18.8 Å². The van der Waals surface area contributed by atoms with E-state index in [9.17, 15) is 4.79 Å². The molecule has 2 heterocycles. The van der Waals surface area contributed by atoms with Gasteiger partial charge < -0.3 is 19.3 Å². The number of rotatable bonds is 7. The number of ether oxygens (including phenoxy) is 2. The van der Waals surface area contributed by atoms with Gasteiger partial charge in [-0.3, -0.25) is 9.78 Å². The minimum atomic E-state index is -0.423. The van der Waals surface area contributed by atoms with Crippen molar-refractivity contribution in [2.45, 2.75) is 6.42 Å². The number of methoxy groups -OCH3 is 2. The van der Waals surface area contributed by atoms with E-state index in [1.807, 2.05) is 18.2 Å². The Bertz CT molecular complexity index is 880. The van der Waals surface area contributed by atoms with Gasteiger partial charge in [-0.25, -0.2) is 0 Å². The van der Waals surface area contributed by atoms with Gasteiger partial charge in [-0.15, -0.1) is 0 Å². The van der Waals surface area contributed by atoms with Crippen LogP contribution in [0.2, 0.25) is 0 Å². The summed E-state index contributed by atoms with van der Waals surface area (Å²) in [5.74, 6) is 1.12. The number of aromatic nitrogens is 3.